The van der Waals surface area contributed by atoms with E-state index in [2.05, 4.69) is 46.4 Å². The molecule has 1 N–H and O–H groups in total. The monoisotopic (exact) mass is 376 g/mol. The van der Waals surface area contributed by atoms with E-state index in [4.69, 9.17) is 4.74 Å². The molecule has 0 heterocycles. The number of hydrazone groups is 1. The van der Waals surface area contributed by atoms with E-state index in [9.17, 15) is 4.79 Å². The second-order valence-corrected chi connectivity index (χ2v) is 7.70. The first-order valence-electron chi connectivity index (χ1n) is 7.87. The van der Waals surface area contributed by atoms with Crippen LogP contribution in [0.25, 0.3) is 0 Å². The largest absolute Gasteiger partial charge is 0.484 e. The van der Waals surface area contributed by atoms with E-state index in [-0.39, 0.29) is 12.5 Å². The fourth-order valence-electron chi connectivity index (χ4n) is 3.46. The Hall–Kier alpha value is -1.62. The van der Waals surface area contributed by atoms with Crippen molar-refractivity contribution in [1.82, 2.24) is 5.43 Å². The van der Waals surface area contributed by atoms with Gasteiger partial charge in [0.1, 0.15) is 5.75 Å². The number of nitrogens with one attached hydrogen (secondary N) is 1. The SMILES string of the molecule is CC1(C)[C@@H]2CC=C(/C=N\NC(=O)COc3cccc(Br)c3)[C@H]1C2. The maximum Gasteiger partial charge on any atom is 0.277 e. The summed E-state index contributed by atoms with van der Waals surface area (Å²) >= 11 is 3.36. The third-order valence-corrected chi connectivity index (χ3v) is 5.57. The van der Waals surface area contributed by atoms with Crippen molar-refractivity contribution >= 4 is 28.1 Å². The summed E-state index contributed by atoms with van der Waals surface area (Å²) in [7, 11) is 0. The van der Waals surface area contributed by atoms with Gasteiger partial charge in [-0.05, 0) is 53.9 Å². The zero-order chi connectivity index (χ0) is 16.4. The Morgan fingerprint density at radius 1 is 1.52 bits per heavy atom. The van der Waals surface area contributed by atoms with Crippen molar-refractivity contribution in [3.63, 3.8) is 0 Å². The first-order valence-corrected chi connectivity index (χ1v) is 8.66. The number of ether oxygens (including phenoxy) is 1. The Morgan fingerprint density at radius 2 is 2.35 bits per heavy atom. The summed E-state index contributed by atoms with van der Waals surface area (Å²) in [5, 5.41) is 4.08. The minimum absolute atomic E-state index is 0.0517. The molecule has 3 aliphatic carbocycles. The van der Waals surface area contributed by atoms with Crippen molar-refractivity contribution in [3.05, 3.63) is 40.4 Å². The van der Waals surface area contributed by atoms with E-state index in [1.54, 1.807) is 6.21 Å². The number of nitrogens with zero attached hydrogens (tertiary/aromatic N) is 1. The smallest absolute Gasteiger partial charge is 0.277 e. The Morgan fingerprint density at radius 3 is 3.04 bits per heavy atom. The Bertz CT molecular complexity index is 667. The second-order valence-electron chi connectivity index (χ2n) is 6.79. The number of allylic oxidation sites excluding steroid dienone is 2. The molecule has 1 fully saturated rings. The normalized spacial score (nSPS) is 24.7. The minimum atomic E-state index is -0.261. The van der Waals surface area contributed by atoms with Crippen LogP contribution in [0, 0.1) is 17.3 Å². The molecule has 3 aliphatic rings. The van der Waals surface area contributed by atoms with Crippen LogP contribution >= 0.6 is 15.9 Å². The maximum absolute atomic E-state index is 11.8. The predicted molar refractivity (Wildman–Crippen MR) is 94.3 cm³/mol. The van der Waals surface area contributed by atoms with Crippen molar-refractivity contribution in [2.24, 2.45) is 22.4 Å². The summed E-state index contributed by atoms with van der Waals surface area (Å²) in [5.41, 5.74) is 4.14. The van der Waals surface area contributed by atoms with E-state index < -0.39 is 0 Å². The number of fused-ring (bicyclic) bond motifs is 1. The molecular formula is C18H21BrN2O2. The van der Waals surface area contributed by atoms with Crippen molar-refractivity contribution in [1.29, 1.82) is 0 Å². The fraction of sp³-hybridized carbons (Fsp3) is 0.444. The van der Waals surface area contributed by atoms with E-state index in [0.717, 1.165) is 16.8 Å². The molecule has 1 amide bonds. The number of carbonyl (C=O) groups excluding carboxylic acids is 1. The van der Waals surface area contributed by atoms with Gasteiger partial charge in [-0.2, -0.15) is 5.10 Å². The Kier molecular flexibility index (Phi) is 4.57. The van der Waals surface area contributed by atoms with Gasteiger partial charge < -0.3 is 4.74 Å². The van der Waals surface area contributed by atoms with Gasteiger partial charge in [-0.15, -0.1) is 0 Å². The van der Waals surface area contributed by atoms with Crippen molar-refractivity contribution in [2.75, 3.05) is 6.61 Å². The van der Waals surface area contributed by atoms with E-state index in [0.29, 0.717) is 17.1 Å². The summed E-state index contributed by atoms with van der Waals surface area (Å²) in [5.74, 6) is 1.76. The molecule has 0 spiro atoms. The number of rotatable bonds is 5. The lowest BCUT2D eigenvalue weighted by atomic mass is 9.49. The number of halogens is 1. The van der Waals surface area contributed by atoms with Crippen LogP contribution in [0.15, 0.2) is 45.5 Å². The van der Waals surface area contributed by atoms with Crippen LogP contribution in [0.3, 0.4) is 0 Å². The van der Waals surface area contributed by atoms with Gasteiger partial charge in [0, 0.05) is 4.47 Å². The number of carbonyl (C=O) groups is 1. The molecule has 0 saturated heterocycles. The first kappa shape index (κ1) is 16.2. The lowest BCUT2D eigenvalue weighted by Gasteiger charge is -2.55. The molecule has 23 heavy (non-hydrogen) atoms. The number of amides is 1. The van der Waals surface area contributed by atoms with Crippen LogP contribution in [-0.4, -0.2) is 18.7 Å². The zero-order valence-corrected chi connectivity index (χ0v) is 15.0. The molecule has 1 saturated carbocycles. The van der Waals surface area contributed by atoms with Gasteiger partial charge in [0.05, 0.1) is 6.21 Å². The molecule has 4 rings (SSSR count). The lowest BCUT2D eigenvalue weighted by Crippen LogP contribution is -2.48. The van der Waals surface area contributed by atoms with Gasteiger partial charge in [0.15, 0.2) is 6.61 Å². The second kappa shape index (κ2) is 6.48. The highest BCUT2D eigenvalue weighted by atomic mass is 79.9. The Labute approximate surface area is 145 Å². The topological polar surface area (TPSA) is 50.7 Å². The highest BCUT2D eigenvalue weighted by Gasteiger charge is 2.50. The minimum Gasteiger partial charge on any atom is -0.484 e. The molecule has 0 radical (unpaired) electrons. The van der Waals surface area contributed by atoms with Crippen LogP contribution in [0.2, 0.25) is 0 Å². The zero-order valence-electron chi connectivity index (χ0n) is 13.4. The molecule has 1 aromatic rings. The van der Waals surface area contributed by atoms with Crippen LogP contribution in [0.5, 0.6) is 5.75 Å². The summed E-state index contributed by atoms with van der Waals surface area (Å²) < 4.78 is 6.34. The maximum atomic E-state index is 11.8. The molecule has 4 nitrogen and oxygen atoms in total. The van der Waals surface area contributed by atoms with Gasteiger partial charge in [-0.25, -0.2) is 5.43 Å². The standard InChI is InChI=1S/C18H21BrN2O2/c1-18(2)13-7-6-12(16(18)8-13)10-20-21-17(22)11-23-15-5-3-4-14(19)9-15/h3-6,9-10,13,16H,7-8,11H2,1-2H3,(H,21,22)/b20-10-/t13-,16-/m1/s1. The fourth-order valence-corrected chi connectivity index (χ4v) is 3.84. The highest BCUT2D eigenvalue weighted by molar-refractivity contribution is 9.10. The molecule has 0 unspecified atom stereocenters. The number of benzene rings is 1. The van der Waals surface area contributed by atoms with Crippen LogP contribution in [0.1, 0.15) is 26.7 Å². The Balaban J connectivity index is 1.47. The summed E-state index contributed by atoms with van der Waals surface area (Å²) in [4.78, 5) is 11.8. The van der Waals surface area contributed by atoms with Gasteiger partial charge in [-0.1, -0.05) is 41.9 Å². The predicted octanol–water partition coefficient (Wildman–Crippen LogP) is 3.92. The highest BCUT2D eigenvalue weighted by Crippen LogP contribution is 2.58. The summed E-state index contributed by atoms with van der Waals surface area (Å²) in [6.07, 6.45) is 6.39. The first-order chi connectivity index (χ1) is 11.0. The van der Waals surface area contributed by atoms with E-state index in [1.807, 2.05) is 24.3 Å². The molecule has 2 atom stereocenters. The van der Waals surface area contributed by atoms with E-state index in [1.165, 1.54) is 12.0 Å². The summed E-state index contributed by atoms with van der Waals surface area (Å²) in [6.45, 7) is 4.58. The summed E-state index contributed by atoms with van der Waals surface area (Å²) in [6, 6.07) is 7.39. The molecule has 5 heteroatoms. The lowest BCUT2D eigenvalue weighted by molar-refractivity contribution is -0.123. The van der Waals surface area contributed by atoms with Crippen molar-refractivity contribution in [2.45, 2.75) is 26.7 Å². The molecule has 122 valence electrons. The third kappa shape index (κ3) is 3.50. The number of hydrogen-bond acceptors (Lipinski definition) is 3. The molecule has 1 aromatic carbocycles. The van der Waals surface area contributed by atoms with Crippen LogP contribution < -0.4 is 10.2 Å². The van der Waals surface area contributed by atoms with Crippen LogP contribution in [-0.2, 0) is 4.79 Å². The molecular weight excluding hydrogens is 356 g/mol. The van der Waals surface area contributed by atoms with Crippen molar-refractivity contribution in [3.8, 4) is 5.75 Å². The quantitative estimate of drug-likeness (QED) is 0.625. The van der Waals surface area contributed by atoms with Gasteiger partial charge in [-0.3, -0.25) is 4.79 Å². The average molecular weight is 377 g/mol. The van der Waals surface area contributed by atoms with Gasteiger partial charge in [0.2, 0.25) is 0 Å². The van der Waals surface area contributed by atoms with Crippen molar-refractivity contribution < 1.29 is 9.53 Å². The average Bonchev–Trinajstić information content (AvgIpc) is 2.53. The molecule has 0 aromatic heterocycles. The molecule has 0 aliphatic heterocycles. The number of hydrogen-bond donors (Lipinski definition) is 1. The van der Waals surface area contributed by atoms with E-state index >= 15 is 0 Å². The van der Waals surface area contributed by atoms with Gasteiger partial charge in [0.25, 0.3) is 5.91 Å². The molecule has 2 bridgehead atoms. The van der Waals surface area contributed by atoms with Crippen LogP contribution in [0.4, 0.5) is 0 Å². The third-order valence-electron chi connectivity index (χ3n) is 5.08. The van der Waals surface area contributed by atoms with Gasteiger partial charge >= 0.3 is 0 Å².